The molecule has 0 radical (unpaired) electrons. The van der Waals surface area contributed by atoms with Gasteiger partial charge in [0.1, 0.15) is 5.69 Å². The van der Waals surface area contributed by atoms with Gasteiger partial charge in [0, 0.05) is 5.38 Å². The Bertz CT molecular complexity index is 454. The number of hydrogen-bond acceptors (Lipinski definition) is 7. The largest absolute Gasteiger partial charge is 0.476 e. The quantitative estimate of drug-likeness (QED) is 0.467. The van der Waals surface area contributed by atoms with E-state index in [1.165, 1.54) is 18.4 Å². The Morgan fingerprint density at radius 1 is 1.59 bits per heavy atom. The van der Waals surface area contributed by atoms with Gasteiger partial charge in [-0.15, -0.1) is 11.3 Å². The predicted octanol–water partition coefficient (Wildman–Crippen LogP) is 0.430. The minimum Gasteiger partial charge on any atom is -0.476 e. The molecule has 0 aliphatic rings. The molecule has 1 aromatic rings. The number of rotatable bonds is 5. The van der Waals surface area contributed by atoms with Crippen molar-refractivity contribution in [3.8, 4) is 0 Å². The van der Waals surface area contributed by atoms with Gasteiger partial charge >= 0.3 is 11.9 Å². The monoisotopic (exact) mass is 258 g/mol. The van der Waals surface area contributed by atoms with Crippen LogP contribution in [0.4, 0.5) is 0 Å². The van der Waals surface area contributed by atoms with Gasteiger partial charge in [-0.2, -0.15) is 0 Å². The summed E-state index contributed by atoms with van der Waals surface area (Å²) in [5.41, 5.74) is -0.150. The topological polar surface area (TPSA) is 98.1 Å². The maximum absolute atomic E-state index is 10.9. The normalized spacial score (nSPS) is 11.1. The molecule has 1 rings (SSSR count). The van der Waals surface area contributed by atoms with Crippen LogP contribution in [0.25, 0.3) is 0 Å². The van der Waals surface area contributed by atoms with Crippen LogP contribution in [-0.2, 0) is 19.2 Å². The van der Waals surface area contributed by atoms with Crippen LogP contribution in [-0.4, -0.2) is 41.5 Å². The van der Waals surface area contributed by atoms with Gasteiger partial charge in [-0.1, -0.05) is 5.16 Å². The van der Waals surface area contributed by atoms with E-state index in [-0.39, 0.29) is 11.4 Å². The van der Waals surface area contributed by atoms with Crippen molar-refractivity contribution in [2.45, 2.75) is 6.92 Å². The van der Waals surface area contributed by atoms with Gasteiger partial charge in [0.05, 0.1) is 12.1 Å². The summed E-state index contributed by atoms with van der Waals surface area (Å²) in [5, 5.41) is 14.5. The zero-order valence-electron chi connectivity index (χ0n) is 9.17. The number of thiazole rings is 1. The number of carbonyl (C=O) groups is 2. The highest BCUT2D eigenvalue weighted by Gasteiger charge is 2.17. The Kier molecular flexibility index (Phi) is 4.58. The molecule has 1 N–H and O–H groups in total. The summed E-state index contributed by atoms with van der Waals surface area (Å²) in [6, 6.07) is 0. The molecule has 0 atom stereocenters. The minimum absolute atomic E-state index is 0.199. The molecule has 0 bridgehead atoms. The second-order valence-corrected chi connectivity index (χ2v) is 3.91. The number of carboxylic acids is 1. The number of aliphatic carboxylic acids is 1. The minimum atomic E-state index is -1.28. The van der Waals surface area contributed by atoms with Gasteiger partial charge in [-0.3, -0.25) is 0 Å². The maximum Gasteiger partial charge on any atom is 0.360 e. The lowest BCUT2D eigenvalue weighted by molar-refractivity contribution is -0.146. The fourth-order valence-corrected chi connectivity index (χ4v) is 1.47. The van der Waals surface area contributed by atoms with Gasteiger partial charge in [0.15, 0.2) is 0 Å². The lowest BCUT2D eigenvalue weighted by atomic mass is 10.3. The van der Waals surface area contributed by atoms with Crippen LogP contribution >= 0.6 is 11.3 Å². The van der Waals surface area contributed by atoms with Gasteiger partial charge in [-0.25, -0.2) is 14.6 Å². The number of nitrogens with zero attached hydrogens (tertiary/aromatic N) is 2. The standard InChI is InChI=1S/C9H10N2O5S/c1-5-10-6(4-17-5)8(9(13)14)11-16-3-7(12)15-2/h4H,3H2,1-2H3,(H,13,14)/b11-8-. The molecule has 0 unspecified atom stereocenters. The molecule has 17 heavy (non-hydrogen) atoms. The van der Waals surface area contributed by atoms with E-state index in [1.54, 1.807) is 12.3 Å². The predicted molar refractivity (Wildman–Crippen MR) is 59.0 cm³/mol. The number of hydrogen-bond donors (Lipinski definition) is 1. The van der Waals surface area contributed by atoms with Gasteiger partial charge < -0.3 is 14.7 Å². The van der Waals surface area contributed by atoms with Crippen LogP contribution in [0.2, 0.25) is 0 Å². The van der Waals surface area contributed by atoms with Crippen LogP contribution < -0.4 is 0 Å². The Morgan fingerprint density at radius 3 is 2.76 bits per heavy atom. The lowest BCUT2D eigenvalue weighted by Gasteiger charge is -1.99. The second kappa shape index (κ2) is 5.94. The number of carboxylic acid groups (broad SMARTS) is 1. The Labute approximate surface area is 101 Å². The Morgan fingerprint density at radius 2 is 2.29 bits per heavy atom. The van der Waals surface area contributed by atoms with E-state index >= 15 is 0 Å². The van der Waals surface area contributed by atoms with E-state index in [2.05, 4.69) is 19.7 Å². The smallest absolute Gasteiger partial charge is 0.360 e. The number of aryl methyl sites for hydroxylation is 1. The first-order valence-corrected chi connectivity index (χ1v) is 5.35. The molecule has 1 aromatic heterocycles. The highest BCUT2D eigenvalue weighted by Crippen LogP contribution is 2.09. The molecule has 0 spiro atoms. The fraction of sp³-hybridized carbons (Fsp3) is 0.333. The first-order chi connectivity index (χ1) is 8.04. The van der Waals surface area contributed by atoms with Gasteiger partial charge in [0.2, 0.25) is 12.3 Å². The third-order valence-corrected chi connectivity index (χ3v) is 2.40. The summed E-state index contributed by atoms with van der Waals surface area (Å²) in [4.78, 5) is 30.1. The molecule has 0 fully saturated rings. The summed E-state index contributed by atoms with van der Waals surface area (Å²) in [7, 11) is 1.19. The third-order valence-electron chi connectivity index (χ3n) is 1.63. The number of esters is 1. The van der Waals surface area contributed by atoms with Crippen LogP contribution in [0.5, 0.6) is 0 Å². The molecule has 1 heterocycles. The van der Waals surface area contributed by atoms with E-state index in [0.717, 1.165) is 0 Å². The Hall–Kier alpha value is -1.96. The number of aromatic nitrogens is 1. The molecular formula is C9H10N2O5S. The van der Waals surface area contributed by atoms with Crippen molar-refractivity contribution in [2.75, 3.05) is 13.7 Å². The molecule has 0 aliphatic heterocycles. The molecule has 8 heteroatoms. The summed E-state index contributed by atoms with van der Waals surface area (Å²) in [6.07, 6.45) is 0. The van der Waals surface area contributed by atoms with Gasteiger partial charge in [0.25, 0.3) is 0 Å². The highest BCUT2D eigenvalue weighted by molar-refractivity contribution is 7.09. The summed E-state index contributed by atoms with van der Waals surface area (Å²) in [5.74, 6) is -1.92. The summed E-state index contributed by atoms with van der Waals surface area (Å²) in [6.45, 7) is 1.29. The molecule has 7 nitrogen and oxygen atoms in total. The van der Waals surface area contributed by atoms with Crippen molar-refractivity contribution < 1.29 is 24.3 Å². The average molecular weight is 258 g/mol. The highest BCUT2D eigenvalue weighted by atomic mass is 32.1. The molecule has 0 aromatic carbocycles. The second-order valence-electron chi connectivity index (χ2n) is 2.85. The fourth-order valence-electron chi connectivity index (χ4n) is 0.876. The van der Waals surface area contributed by atoms with Crippen molar-refractivity contribution >= 4 is 29.0 Å². The molecule has 0 amide bonds. The first kappa shape index (κ1) is 13.1. The van der Waals surface area contributed by atoms with Crippen molar-refractivity contribution in [1.29, 1.82) is 0 Å². The van der Waals surface area contributed by atoms with E-state index in [1.807, 2.05) is 0 Å². The van der Waals surface area contributed by atoms with Crippen LogP contribution in [0, 0.1) is 6.92 Å². The van der Waals surface area contributed by atoms with E-state index < -0.39 is 18.5 Å². The number of methoxy groups -OCH3 is 1. The average Bonchev–Trinajstić information content (AvgIpc) is 2.70. The Balaban J connectivity index is 2.76. The van der Waals surface area contributed by atoms with E-state index in [0.29, 0.717) is 5.01 Å². The van der Waals surface area contributed by atoms with Crippen molar-refractivity contribution in [3.05, 3.63) is 16.1 Å². The summed E-state index contributed by atoms with van der Waals surface area (Å²) < 4.78 is 4.31. The third kappa shape index (κ3) is 3.83. The number of carbonyl (C=O) groups excluding carboxylic acids is 1. The molecular weight excluding hydrogens is 248 g/mol. The molecule has 0 aliphatic carbocycles. The molecule has 0 saturated heterocycles. The zero-order chi connectivity index (χ0) is 12.8. The number of oxime groups is 1. The first-order valence-electron chi connectivity index (χ1n) is 4.47. The zero-order valence-corrected chi connectivity index (χ0v) is 9.98. The van der Waals surface area contributed by atoms with Crippen molar-refractivity contribution in [3.63, 3.8) is 0 Å². The summed E-state index contributed by atoms with van der Waals surface area (Å²) >= 11 is 1.29. The van der Waals surface area contributed by atoms with Crippen molar-refractivity contribution in [2.24, 2.45) is 5.16 Å². The SMILES string of the molecule is COC(=O)CO/N=C(\C(=O)O)c1csc(C)n1. The molecule has 0 saturated carbocycles. The van der Waals surface area contributed by atoms with Crippen LogP contribution in [0.3, 0.4) is 0 Å². The van der Waals surface area contributed by atoms with E-state index in [4.69, 9.17) is 5.11 Å². The maximum atomic E-state index is 10.9. The van der Waals surface area contributed by atoms with Crippen LogP contribution in [0.15, 0.2) is 10.5 Å². The molecule has 92 valence electrons. The van der Waals surface area contributed by atoms with Crippen molar-refractivity contribution in [1.82, 2.24) is 4.98 Å². The number of ether oxygens (including phenoxy) is 1. The lowest BCUT2D eigenvalue weighted by Crippen LogP contribution is -2.17. The van der Waals surface area contributed by atoms with E-state index in [9.17, 15) is 9.59 Å². The van der Waals surface area contributed by atoms with Crippen LogP contribution in [0.1, 0.15) is 10.7 Å². The van der Waals surface area contributed by atoms with Gasteiger partial charge in [-0.05, 0) is 6.92 Å².